The first-order chi connectivity index (χ1) is 11.5. The van der Waals surface area contributed by atoms with Gasteiger partial charge in [-0.05, 0) is 43.6 Å². The molecule has 2 fully saturated rings. The number of nitrogens with zero attached hydrogens (tertiary/aromatic N) is 2. The highest BCUT2D eigenvalue weighted by Gasteiger charge is 2.42. The van der Waals surface area contributed by atoms with Crippen LogP contribution in [0.5, 0.6) is 0 Å². The minimum absolute atomic E-state index is 0.149. The first-order valence-electron chi connectivity index (χ1n) is 8.07. The van der Waals surface area contributed by atoms with E-state index in [9.17, 15) is 18.8 Å². The normalized spacial score (nSPS) is 23.0. The molecule has 24 heavy (non-hydrogen) atoms. The highest BCUT2D eigenvalue weighted by molar-refractivity contribution is 6.05. The molecule has 2 saturated heterocycles. The fraction of sp³-hybridized carbons (Fsp3) is 0.471. The van der Waals surface area contributed by atoms with Crippen LogP contribution in [0.25, 0.3) is 0 Å². The van der Waals surface area contributed by atoms with Gasteiger partial charge in [0.2, 0.25) is 17.7 Å². The third kappa shape index (κ3) is 3.31. The van der Waals surface area contributed by atoms with E-state index < -0.39 is 6.04 Å². The van der Waals surface area contributed by atoms with Crippen LogP contribution in [-0.4, -0.2) is 46.7 Å². The predicted octanol–water partition coefficient (Wildman–Crippen LogP) is 0.650. The van der Waals surface area contributed by atoms with Crippen LogP contribution >= 0.6 is 0 Å². The molecule has 0 aliphatic carbocycles. The molecule has 1 aromatic carbocycles. The maximum atomic E-state index is 13.0. The zero-order valence-electron chi connectivity index (χ0n) is 13.3. The summed E-state index contributed by atoms with van der Waals surface area (Å²) >= 11 is 0. The number of primary amides is 1. The first-order valence-corrected chi connectivity index (χ1v) is 8.07. The molecule has 2 aliphatic heterocycles. The van der Waals surface area contributed by atoms with E-state index in [0.29, 0.717) is 31.5 Å². The summed E-state index contributed by atoms with van der Waals surface area (Å²) in [5.74, 6) is -1.24. The first kappa shape index (κ1) is 16.6. The van der Waals surface area contributed by atoms with Crippen LogP contribution in [-0.2, 0) is 20.9 Å². The van der Waals surface area contributed by atoms with Crippen LogP contribution in [0, 0.1) is 11.7 Å². The lowest BCUT2D eigenvalue weighted by Gasteiger charge is -2.33. The molecule has 0 spiro atoms. The summed E-state index contributed by atoms with van der Waals surface area (Å²) in [6, 6.07) is 5.30. The van der Waals surface area contributed by atoms with Crippen molar-refractivity contribution < 1.29 is 18.8 Å². The summed E-state index contributed by atoms with van der Waals surface area (Å²) in [4.78, 5) is 39.2. The number of rotatable bonds is 4. The van der Waals surface area contributed by atoms with Crippen molar-refractivity contribution in [2.75, 3.05) is 13.1 Å². The van der Waals surface area contributed by atoms with Gasteiger partial charge in [-0.2, -0.15) is 0 Å². The Morgan fingerprint density at radius 2 is 1.79 bits per heavy atom. The Labute approximate surface area is 139 Å². The minimum atomic E-state index is -0.466. The Morgan fingerprint density at radius 1 is 1.17 bits per heavy atom. The van der Waals surface area contributed by atoms with Crippen molar-refractivity contribution in [1.29, 1.82) is 0 Å². The third-order valence-electron chi connectivity index (χ3n) is 4.85. The number of halogens is 1. The molecule has 0 saturated carbocycles. The van der Waals surface area contributed by atoms with Crippen LogP contribution < -0.4 is 5.73 Å². The molecule has 7 heteroatoms. The summed E-state index contributed by atoms with van der Waals surface area (Å²) < 4.78 is 13.0. The topological polar surface area (TPSA) is 83.7 Å². The van der Waals surface area contributed by atoms with E-state index in [2.05, 4.69) is 0 Å². The zero-order valence-corrected chi connectivity index (χ0v) is 13.3. The van der Waals surface area contributed by atoms with Crippen molar-refractivity contribution in [2.45, 2.75) is 31.8 Å². The van der Waals surface area contributed by atoms with E-state index in [1.807, 2.05) is 4.90 Å². The van der Waals surface area contributed by atoms with Gasteiger partial charge >= 0.3 is 0 Å². The molecule has 2 heterocycles. The summed E-state index contributed by atoms with van der Waals surface area (Å²) in [6.07, 6.45) is 1.39. The van der Waals surface area contributed by atoms with Gasteiger partial charge in [0.05, 0.1) is 19.0 Å². The molecule has 6 nitrogen and oxygen atoms in total. The maximum Gasteiger partial charge on any atom is 0.247 e. The van der Waals surface area contributed by atoms with E-state index in [4.69, 9.17) is 5.73 Å². The number of imide groups is 1. The van der Waals surface area contributed by atoms with Gasteiger partial charge in [0.15, 0.2) is 0 Å². The van der Waals surface area contributed by atoms with Crippen molar-refractivity contribution in [3.8, 4) is 0 Å². The molecule has 3 rings (SSSR count). The number of amides is 3. The Kier molecular flexibility index (Phi) is 4.62. The minimum Gasteiger partial charge on any atom is -0.369 e. The third-order valence-corrected chi connectivity index (χ3v) is 4.85. The van der Waals surface area contributed by atoms with Crippen molar-refractivity contribution in [2.24, 2.45) is 11.7 Å². The summed E-state index contributed by atoms with van der Waals surface area (Å²) in [5, 5.41) is 0. The number of carbonyl (C=O) groups is 3. The average molecular weight is 333 g/mol. The Bertz CT molecular complexity index is 654. The monoisotopic (exact) mass is 333 g/mol. The summed E-state index contributed by atoms with van der Waals surface area (Å²) in [5.41, 5.74) is 6.03. The number of piperidine rings is 1. The van der Waals surface area contributed by atoms with Gasteiger partial charge < -0.3 is 5.73 Å². The Hall–Kier alpha value is -2.28. The molecule has 0 radical (unpaired) electrons. The van der Waals surface area contributed by atoms with Crippen molar-refractivity contribution >= 4 is 17.7 Å². The number of carbonyl (C=O) groups excluding carboxylic acids is 3. The molecule has 1 atom stereocenters. The lowest BCUT2D eigenvalue weighted by Crippen LogP contribution is -2.47. The van der Waals surface area contributed by atoms with E-state index in [-0.39, 0.29) is 42.4 Å². The molecule has 1 unspecified atom stereocenters. The molecular weight excluding hydrogens is 313 g/mol. The van der Waals surface area contributed by atoms with Gasteiger partial charge in [-0.15, -0.1) is 0 Å². The second-order valence-corrected chi connectivity index (χ2v) is 6.38. The molecule has 2 N–H and O–H groups in total. The smallest absolute Gasteiger partial charge is 0.247 e. The fourth-order valence-electron chi connectivity index (χ4n) is 3.39. The van der Waals surface area contributed by atoms with E-state index in [1.54, 1.807) is 12.1 Å². The van der Waals surface area contributed by atoms with Gasteiger partial charge in [-0.1, -0.05) is 12.1 Å². The Morgan fingerprint density at radius 3 is 2.38 bits per heavy atom. The van der Waals surface area contributed by atoms with Crippen molar-refractivity contribution in [3.63, 3.8) is 0 Å². The summed E-state index contributed by atoms with van der Waals surface area (Å²) in [6.45, 7) is 1.33. The maximum absolute atomic E-state index is 13.0. The van der Waals surface area contributed by atoms with Gasteiger partial charge in [-0.3, -0.25) is 24.2 Å². The van der Waals surface area contributed by atoms with E-state index in [1.165, 1.54) is 17.0 Å². The number of benzene rings is 1. The quantitative estimate of drug-likeness (QED) is 0.820. The number of hydrogen-bond donors (Lipinski definition) is 1. The van der Waals surface area contributed by atoms with Crippen LogP contribution in [0.4, 0.5) is 4.39 Å². The van der Waals surface area contributed by atoms with Crippen LogP contribution in [0.1, 0.15) is 24.8 Å². The largest absolute Gasteiger partial charge is 0.369 e. The van der Waals surface area contributed by atoms with Crippen molar-refractivity contribution in [3.05, 3.63) is 35.6 Å². The van der Waals surface area contributed by atoms with Gasteiger partial charge in [0, 0.05) is 5.92 Å². The fourth-order valence-corrected chi connectivity index (χ4v) is 3.39. The average Bonchev–Trinajstić information content (AvgIpc) is 2.85. The molecule has 3 amide bonds. The second kappa shape index (κ2) is 6.68. The van der Waals surface area contributed by atoms with Gasteiger partial charge in [0.1, 0.15) is 5.82 Å². The number of nitrogens with two attached hydrogens (primary N) is 1. The molecular formula is C17H20FN3O3. The van der Waals surface area contributed by atoms with E-state index in [0.717, 1.165) is 0 Å². The van der Waals surface area contributed by atoms with Crippen LogP contribution in [0.2, 0.25) is 0 Å². The second-order valence-electron chi connectivity index (χ2n) is 6.38. The highest BCUT2D eigenvalue weighted by Crippen LogP contribution is 2.26. The van der Waals surface area contributed by atoms with Crippen LogP contribution in [0.3, 0.4) is 0 Å². The number of likely N-dealkylation sites (tertiary alicyclic amines) is 2. The van der Waals surface area contributed by atoms with E-state index >= 15 is 0 Å². The zero-order chi connectivity index (χ0) is 17.3. The predicted molar refractivity (Wildman–Crippen MR) is 83.9 cm³/mol. The molecule has 2 aliphatic rings. The molecule has 0 bridgehead atoms. The highest BCUT2D eigenvalue weighted by atomic mass is 19.1. The lowest BCUT2D eigenvalue weighted by molar-refractivity contribution is -0.140. The van der Waals surface area contributed by atoms with Gasteiger partial charge in [0.25, 0.3) is 0 Å². The van der Waals surface area contributed by atoms with Crippen LogP contribution in [0.15, 0.2) is 24.3 Å². The molecule has 1 aromatic rings. The number of hydrogen-bond acceptors (Lipinski definition) is 4. The SMILES string of the molecule is NC(=O)C1CCN(C2CC(=O)N(Cc3ccc(F)cc3)C2=O)CC1. The van der Waals surface area contributed by atoms with Crippen molar-refractivity contribution in [1.82, 2.24) is 9.80 Å². The summed E-state index contributed by atoms with van der Waals surface area (Å²) in [7, 11) is 0. The molecule has 0 aromatic heterocycles. The Balaban J connectivity index is 1.64. The molecule has 128 valence electrons. The lowest BCUT2D eigenvalue weighted by atomic mass is 9.95. The standard InChI is InChI=1S/C17H20FN3O3/c18-13-3-1-11(2-4-13)10-21-15(22)9-14(17(21)24)20-7-5-12(6-8-20)16(19)23/h1-4,12,14H,5-10H2,(H2,19,23). The van der Waals surface area contributed by atoms with Gasteiger partial charge in [-0.25, -0.2) is 4.39 Å².